The van der Waals surface area contributed by atoms with Crippen LogP contribution in [-0.2, 0) is 16.1 Å². The zero-order chi connectivity index (χ0) is 24.1. The van der Waals surface area contributed by atoms with Gasteiger partial charge in [-0.25, -0.2) is 4.39 Å². The molecule has 1 unspecified atom stereocenters. The number of unbranched alkanes of at least 4 members (excludes halogenated alkanes) is 2. The number of benzene rings is 2. The van der Waals surface area contributed by atoms with Crippen LogP contribution in [0.15, 0.2) is 71.6 Å². The summed E-state index contributed by atoms with van der Waals surface area (Å²) in [7, 11) is 0. The first-order chi connectivity index (χ1) is 16.5. The molecule has 1 atom stereocenters. The molecule has 3 aromatic rings. The lowest BCUT2D eigenvalue weighted by molar-refractivity contribution is -0.140. The summed E-state index contributed by atoms with van der Waals surface area (Å²) in [6, 6.07) is 15.6. The first-order valence-electron chi connectivity index (χ1n) is 11.3. The van der Waals surface area contributed by atoms with Gasteiger partial charge in [-0.2, -0.15) is 0 Å². The van der Waals surface area contributed by atoms with Crippen molar-refractivity contribution in [3.05, 3.63) is 93.4 Å². The number of ketones is 1. The largest absolute Gasteiger partial charge is 0.507 e. The molecule has 1 aromatic heterocycles. The monoisotopic (exact) mass is 479 g/mol. The summed E-state index contributed by atoms with van der Waals surface area (Å²) < 4.78 is 19.1. The van der Waals surface area contributed by atoms with Crippen molar-refractivity contribution in [3.8, 4) is 5.75 Å². The minimum Gasteiger partial charge on any atom is -0.507 e. The van der Waals surface area contributed by atoms with Crippen molar-refractivity contribution in [1.29, 1.82) is 0 Å². The molecule has 1 saturated heterocycles. The number of carbonyl (C=O) groups excluding carboxylic acids is 2. The molecule has 1 aliphatic heterocycles. The molecule has 1 amide bonds. The van der Waals surface area contributed by atoms with Crippen LogP contribution in [0.5, 0.6) is 5.75 Å². The van der Waals surface area contributed by atoms with Crippen molar-refractivity contribution in [1.82, 2.24) is 4.90 Å². The second-order valence-electron chi connectivity index (χ2n) is 8.15. The Morgan fingerprint density at radius 3 is 2.44 bits per heavy atom. The van der Waals surface area contributed by atoms with Crippen LogP contribution in [0.4, 0.5) is 4.39 Å². The number of amides is 1. The molecule has 0 spiro atoms. The summed E-state index contributed by atoms with van der Waals surface area (Å²) in [5, 5.41) is 13.0. The molecule has 2 aromatic carbocycles. The SMILES string of the molecule is CCCCCOc1ccc(/C(O)=C2/C(=O)C(=O)N(Cc3ccc(F)cc3)C2c2cccs2)cc1. The van der Waals surface area contributed by atoms with E-state index in [-0.39, 0.29) is 23.7 Å². The second-order valence-corrected chi connectivity index (χ2v) is 9.13. The molecule has 1 aliphatic rings. The number of aliphatic hydroxyl groups is 1. The molecule has 2 heterocycles. The lowest BCUT2D eigenvalue weighted by Gasteiger charge is -2.24. The Morgan fingerprint density at radius 1 is 1.06 bits per heavy atom. The van der Waals surface area contributed by atoms with Gasteiger partial charge in [-0.1, -0.05) is 38.0 Å². The maximum Gasteiger partial charge on any atom is 0.295 e. The van der Waals surface area contributed by atoms with Gasteiger partial charge in [-0.05, 0) is 59.8 Å². The number of aliphatic hydroxyl groups excluding tert-OH is 1. The molecule has 0 radical (unpaired) electrons. The Hall–Kier alpha value is -3.45. The number of ether oxygens (including phenoxy) is 1. The summed E-state index contributed by atoms with van der Waals surface area (Å²) in [4.78, 5) is 28.2. The molecule has 5 nitrogen and oxygen atoms in total. The molecule has 4 rings (SSSR count). The average Bonchev–Trinajstić information content (AvgIpc) is 3.46. The van der Waals surface area contributed by atoms with Gasteiger partial charge in [0, 0.05) is 17.0 Å². The van der Waals surface area contributed by atoms with E-state index in [4.69, 9.17) is 4.74 Å². The van der Waals surface area contributed by atoms with Gasteiger partial charge in [-0.3, -0.25) is 9.59 Å². The molecule has 176 valence electrons. The van der Waals surface area contributed by atoms with Crippen molar-refractivity contribution in [2.45, 2.75) is 38.8 Å². The van der Waals surface area contributed by atoms with Crippen LogP contribution in [0.1, 0.15) is 48.2 Å². The summed E-state index contributed by atoms with van der Waals surface area (Å²) in [6.45, 7) is 2.87. The number of carbonyl (C=O) groups is 2. The van der Waals surface area contributed by atoms with Gasteiger partial charge >= 0.3 is 0 Å². The summed E-state index contributed by atoms with van der Waals surface area (Å²) in [5.41, 5.74) is 1.17. The number of Topliss-reactive ketones (excluding diaryl/α,β-unsaturated/α-hetero) is 1. The summed E-state index contributed by atoms with van der Waals surface area (Å²) in [6.07, 6.45) is 3.18. The number of hydrogen-bond donors (Lipinski definition) is 1. The Bertz CT molecular complexity index is 1170. The molecule has 0 bridgehead atoms. The van der Waals surface area contributed by atoms with Gasteiger partial charge in [0.15, 0.2) is 0 Å². The maximum absolute atomic E-state index is 13.3. The first-order valence-corrected chi connectivity index (χ1v) is 12.2. The summed E-state index contributed by atoms with van der Waals surface area (Å²) in [5.74, 6) is -1.36. The zero-order valence-electron chi connectivity index (χ0n) is 18.9. The third-order valence-corrected chi connectivity index (χ3v) is 6.69. The first kappa shape index (κ1) is 23.7. The van der Waals surface area contributed by atoms with Crippen LogP contribution in [0.25, 0.3) is 5.76 Å². The third-order valence-electron chi connectivity index (χ3n) is 5.76. The average molecular weight is 480 g/mol. The van der Waals surface area contributed by atoms with Crippen LogP contribution in [0, 0.1) is 5.82 Å². The van der Waals surface area contributed by atoms with Gasteiger partial charge in [0.25, 0.3) is 11.7 Å². The van der Waals surface area contributed by atoms with Crippen LogP contribution < -0.4 is 4.74 Å². The number of rotatable bonds is 9. The Labute approximate surface area is 202 Å². The highest BCUT2D eigenvalue weighted by Gasteiger charge is 2.46. The molecular formula is C27H26FNO4S. The highest BCUT2D eigenvalue weighted by atomic mass is 32.1. The molecule has 0 aliphatic carbocycles. The zero-order valence-corrected chi connectivity index (χ0v) is 19.7. The fourth-order valence-corrected chi connectivity index (χ4v) is 4.82. The van der Waals surface area contributed by atoms with Crippen molar-refractivity contribution in [3.63, 3.8) is 0 Å². The minimum absolute atomic E-state index is 0.0474. The standard InChI is InChI=1S/C27H26FNO4S/c1-2-3-4-15-33-21-13-9-19(10-14-21)25(30)23-24(22-6-5-16-34-22)29(27(32)26(23)31)17-18-7-11-20(28)12-8-18/h5-14,16,24,30H,2-4,15,17H2,1H3/b25-23-. The Kier molecular flexibility index (Phi) is 7.43. The van der Waals surface area contributed by atoms with Crippen LogP contribution in [0.3, 0.4) is 0 Å². The van der Waals surface area contributed by atoms with E-state index in [1.807, 2.05) is 17.5 Å². The van der Waals surface area contributed by atoms with Crippen molar-refractivity contribution < 1.29 is 23.8 Å². The van der Waals surface area contributed by atoms with Crippen molar-refractivity contribution >= 4 is 28.8 Å². The minimum atomic E-state index is -0.738. The van der Waals surface area contributed by atoms with E-state index in [2.05, 4.69) is 6.92 Å². The number of likely N-dealkylation sites (tertiary alicyclic amines) is 1. The van der Waals surface area contributed by atoms with Gasteiger partial charge in [0.1, 0.15) is 17.3 Å². The predicted molar refractivity (Wildman–Crippen MR) is 130 cm³/mol. The maximum atomic E-state index is 13.3. The van der Waals surface area contributed by atoms with E-state index >= 15 is 0 Å². The van der Waals surface area contributed by atoms with Crippen LogP contribution >= 0.6 is 11.3 Å². The molecule has 7 heteroatoms. The van der Waals surface area contributed by atoms with E-state index < -0.39 is 17.7 Å². The van der Waals surface area contributed by atoms with E-state index in [9.17, 15) is 19.1 Å². The lowest BCUT2D eigenvalue weighted by atomic mass is 9.99. The topological polar surface area (TPSA) is 66.8 Å². The fourth-order valence-electron chi connectivity index (χ4n) is 3.98. The third kappa shape index (κ3) is 5.04. The number of thiophene rings is 1. The lowest BCUT2D eigenvalue weighted by Crippen LogP contribution is -2.28. The number of hydrogen-bond acceptors (Lipinski definition) is 5. The Morgan fingerprint density at radius 2 is 1.79 bits per heavy atom. The smallest absolute Gasteiger partial charge is 0.295 e. The number of halogens is 1. The van der Waals surface area contributed by atoms with Gasteiger partial charge in [-0.15, -0.1) is 11.3 Å². The Balaban J connectivity index is 1.65. The van der Waals surface area contributed by atoms with Crippen molar-refractivity contribution in [2.24, 2.45) is 0 Å². The van der Waals surface area contributed by atoms with E-state index in [1.165, 1.54) is 28.4 Å². The van der Waals surface area contributed by atoms with E-state index in [1.54, 1.807) is 36.4 Å². The normalized spacial score (nSPS) is 17.4. The molecule has 1 fully saturated rings. The number of nitrogens with zero attached hydrogens (tertiary/aromatic N) is 1. The molecule has 1 N–H and O–H groups in total. The van der Waals surface area contributed by atoms with Crippen molar-refractivity contribution in [2.75, 3.05) is 6.61 Å². The fraction of sp³-hybridized carbons (Fsp3) is 0.259. The molecule has 0 saturated carbocycles. The van der Waals surface area contributed by atoms with Crippen LogP contribution in [0.2, 0.25) is 0 Å². The highest BCUT2D eigenvalue weighted by Crippen LogP contribution is 2.42. The van der Waals surface area contributed by atoms with Crippen LogP contribution in [-0.4, -0.2) is 28.3 Å². The van der Waals surface area contributed by atoms with Gasteiger partial charge < -0.3 is 14.7 Å². The summed E-state index contributed by atoms with van der Waals surface area (Å²) >= 11 is 1.40. The molecule has 34 heavy (non-hydrogen) atoms. The van der Waals surface area contributed by atoms with Gasteiger partial charge in [0.2, 0.25) is 0 Å². The van der Waals surface area contributed by atoms with E-state index in [0.717, 1.165) is 24.1 Å². The highest BCUT2D eigenvalue weighted by molar-refractivity contribution is 7.10. The van der Waals surface area contributed by atoms with E-state index in [0.29, 0.717) is 23.5 Å². The molecular weight excluding hydrogens is 453 g/mol. The predicted octanol–water partition coefficient (Wildman–Crippen LogP) is 6.08. The second kappa shape index (κ2) is 10.7. The quantitative estimate of drug-likeness (QED) is 0.175. The van der Waals surface area contributed by atoms with Gasteiger partial charge in [0.05, 0.1) is 18.2 Å².